The van der Waals surface area contributed by atoms with Gasteiger partial charge in [0.15, 0.2) is 0 Å². The Balaban J connectivity index is 2.30. The van der Waals surface area contributed by atoms with E-state index in [-0.39, 0.29) is 12.2 Å². The van der Waals surface area contributed by atoms with Crippen LogP contribution in [0, 0.1) is 11.6 Å². The lowest BCUT2D eigenvalue weighted by molar-refractivity contribution is 0.288. The van der Waals surface area contributed by atoms with Crippen molar-refractivity contribution in [1.82, 2.24) is 4.98 Å². The maximum Gasteiger partial charge on any atom is 0.136 e. The second-order valence-corrected chi connectivity index (χ2v) is 4.43. The second kappa shape index (κ2) is 5.33. The zero-order chi connectivity index (χ0) is 12.3. The molecule has 5 heteroatoms. The maximum absolute atomic E-state index is 13.5. The Labute approximate surface area is 102 Å². The number of thiazole rings is 1. The van der Waals surface area contributed by atoms with E-state index in [1.54, 1.807) is 5.38 Å². The Morgan fingerprint density at radius 3 is 2.59 bits per heavy atom. The van der Waals surface area contributed by atoms with Crippen molar-refractivity contribution in [2.75, 3.05) is 6.61 Å². The molecule has 0 saturated carbocycles. The summed E-state index contributed by atoms with van der Waals surface area (Å²) in [6, 6.07) is 3.76. The standard InChI is InChI=1S/C12H11F2NOS/c13-9-4-1-5-10(14)11(9)12-15-8(7-17-12)3-2-6-16/h1,4-5,7,16H,2-3,6H2. The molecule has 0 aliphatic rings. The SMILES string of the molecule is OCCCc1csc(-c2c(F)cccc2F)n1. The molecule has 0 fully saturated rings. The lowest BCUT2D eigenvalue weighted by atomic mass is 10.2. The molecule has 2 nitrogen and oxygen atoms in total. The number of benzene rings is 1. The molecule has 2 aromatic rings. The van der Waals surface area contributed by atoms with Crippen LogP contribution >= 0.6 is 11.3 Å². The van der Waals surface area contributed by atoms with Crippen molar-refractivity contribution in [3.05, 3.63) is 40.9 Å². The second-order valence-electron chi connectivity index (χ2n) is 3.57. The molecule has 0 aliphatic heterocycles. The van der Waals surface area contributed by atoms with E-state index >= 15 is 0 Å². The van der Waals surface area contributed by atoms with Crippen LogP contribution in [0.2, 0.25) is 0 Å². The lowest BCUT2D eigenvalue weighted by Crippen LogP contribution is -1.92. The Hall–Kier alpha value is -1.33. The van der Waals surface area contributed by atoms with Crippen LogP contribution in [-0.2, 0) is 6.42 Å². The monoisotopic (exact) mass is 255 g/mol. The Kier molecular flexibility index (Phi) is 3.81. The molecular formula is C12H11F2NOS. The normalized spacial score (nSPS) is 10.8. The number of hydrogen-bond donors (Lipinski definition) is 1. The molecule has 0 bridgehead atoms. The van der Waals surface area contributed by atoms with Gasteiger partial charge < -0.3 is 5.11 Å². The zero-order valence-electron chi connectivity index (χ0n) is 8.99. The van der Waals surface area contributed by atoms with Gasteiger partial charge in [-0.05, 0) is 25.0 Å². The molecule has 0 spiro atoms. The summed E-state index contributed by atoms with van der Waals surface area (Å²) in [4.78, 5) is 4.17. The number of hydrogen-bond acceptors (Lipinski definition) is 3. The highest BCUT2D eigenvalue weighted by atomic mass is 32.1. The van der Waals surface area contributed by atoms with Gasteiger partial charge >= 0.3 is 0 Å². The van der Waals surface area contributed by atoms with Crippen LogP contribution in [-0.4, -0.2) is 16.7 Å². The van der Waals surface area contributed by atoms with Crippen molar-refractivity contribution in [1.29, 1.82) is 0 Å². The van der Waals surface area contributed by atoms with Crippen molar-refractivity contribution in [3.8, 4) is 10.6 Å². The van der Waals surface area contributed by atoms with E-state index in [9.17, 15) is 8.78 Å². The number of rotatable bonds is 4. The van der Waals surface area contributed by atoms with E-state index in [1.807, 2.05) is 0 Å². The highest BCUT2D eigenvalue weighted by Crippen LogP contribution is 2.29. The molecule has 90 valence electrons. The molecule has 17 heavy (non-hydrogen) atoms. The first-order chi connectivity index (χ1) is 8.22. The van der Waals surface area contributed by atoms with Crippen molar-refractivity contribution < 1.29 is 13.9 Å². The molecule has 0 amide bonds. The maximum atomic E-state index is 13.5. The fourth-order valence-electron chi connectivity index (χ4n) is 1.50. The van der Waals surface area contributed by atoms with Crippen LogP contribution in [0.25, 0.3) is 10.6 Å². The summed E-state index contributed by atoms with van der Waals surface area (Å²) in [6.45, 7) is 0.0842. The predicted molar refractivity (Wildman–Crippen MR) is 62.9 cm³/mol. The summed E-state index contributed by atoms with van der Waals surface area (Å²) in [5.74, 6) is -1.21. The number of aliphatic hydroxyl groups excluding tert-OH is 1. The molecule has 0 saturated heterocycles. The quantitative estimate of drug-likeness (QED) is 0.911. The number of nitrogens with zero attached hydrogens (tertiary/aromatic N) is 1. The van der Waals surface area contributed by atoms with Gasteiger partial charge in [0.05, 0.1) is 11.3 Å². The van der Waals surface area contributed by atoms with E-state index in [4.69, 9.17) is 5.11 Å². The van der Waals surface area contributed by atoms with Crippen LogP contribution < -0.4 is 0 Å². The fraction of sp³-hybridized carbons (Fsp3) is 0.250. The zero-order valence-corrected chi connectivity index (χ0v) is 9.81. The molecule has 1 aromatic heterocycles. The predicted octanol–water partition coefficient (Wildman–Crippen LogP) is 3.01. The lowest BCUT2D eigenvalue weighted by Gasteiger charge is -2.00. The van der Waals surface area contributed by atoms with Gasteiger partial charge in [0.25, 0.3) is 0 Å². The third-order valence-electron chi connectivity index (χ3n) is 2.32. The first kappa shape index (κ1) is 12.1. The molecule has 1 N–H and O–H groups in total. The topological polar surface area (TPSA) is 33.1 Å². The van der Waals surface area contributed by atoms with Crippen LogP contribution in [0.4, 0.5) is 8.78 Å². The number of halogens is 2. The Morgan fingerprint density at radius 1 is 1.24 bits per heavy atom. The number of aliphatic hydroxyl groups is 1. The summed E-state index contributed by atoms with van der Waals surface area (Å²) in [7, 11) is 0. The van der Waals surface area contributed by atoms with E-state index in [0.717, 1.165) is 5.69 Å². The average Bonchev–Trinajstić information content (AvgIpc) is 2.75. The van der Waals surface area contributed by atoms with Gasteiger partial charge in [-0.2, -0.15) is 0 Å². The minimum Gasteiger partial charge on any atom is -0.396 e. The number of aryl methyl sites for hydroxylation is 1. The van der Waals surface area contributed by atoms with Crippen LogP contribution in [0.5, 0.6) is 0 Å². The van der Waals surface area contributed by atoms with Crippen LogP contribution in [0.1, 0.15) is 12.1 Å². The molecule has 1 heterocycles. The number of aromatic nitrogens is 1. The summed E-state index contributed by atoms with van der Waals surface area (Å²) in [6.07, 6.45) is 1.21. The highest BCUT2D eigenvalue weighted by molar-refractivity contribution is 7.13. The third kappa shape index (κ3) is 2.68. The summed E-state index contributed by atoms with van der Waals surface area (Å²) in [5, 5.41) is 10.8. The van der Waals surface area contributed by atoms with Crippen molar-refractivity contribution >= 4 is 11.3 Å². The van der Waals surface area contributed by atoms with Gasteiger partial charge in [0.2, 0.25) is 0 Å². The Morgan fingerprint density at radius 2 is 1.94 bits per heavy atom. The summed E-state index contributed by atoms with van der Waals surface area (Å²) >= 11 is 1.21. The van der Waals surface area contributed by atoms with E-state index in [2.05, 4.69) is 4.98 Å². The minimum atomic E-state index is -0.604. The van der Waals surface area contributed by atoms with Crippen LogP contribution in [0.15, 0.2) is 23.6 Å². The molecule has 0 radical (unpaired) electrons. The fourth-order valence-corrected chi connectivity index (χ4v) is 2.40. The molecular weight excluding hydrogens is 244 g/mol. The molecule has 0 atom stereocenters. The summed E-state index contributed by atoms with van der Waals surface area (Å²) < 4.78 is 27.0. The van der Waals surface area contributed by atoms with Gasteiger partial charge in [0.1, 0.15) is 16.6 Å². The van der Waals surface area contributed by atoms with Gasteiger partial charge in [-0.15, -0.1) is 11.3 Å². The largest absolute Gasteiger partial charge is 0.396 e. The van der Waals surface area contributed by atoms with Crippen LogP contribution in [0.3, 0.4) is 0 Å². The molecule has 2 rings (SSSR count). The van der Waals surface area contributed by atoms with Gasteiger partial charge in [-0.1, -0.05) is 6.07 Å². The third-order valence-corrected chi connectivity index (χ3v) is 3.23. The smallest absolute Gasteiger partial charge is 0.136 e. The Bertz CT molecular complexity index is 493. The van der Waals surface area contributed by atoms with Crippen molar-refractivity contribution in [2.45, 2.75) is 12.8 Å². The molecule has 0 unspecified atom stereocenters. The average molecular weight is 255 g/mol. The first-order valence-corrected chi connectivity index (χ1v) is 6.10. The van der Waals surface area contributed by atoms with Crippen molar-refractivity contribution in [2.24, 2.45) is 0 Å². The van der Waals surface area contributed by atoms with E-state index in [1.165, 1.54) is 29.5 Å². The van der Waals surface area contributed by atoms with E-state index in [0.29, 0.717) is 17.8 Å². The first-order valence-electron chi connectivity index (χ1n) is 5.22. The van der Waals surface area contributed by atoms with Gasteiger partial charge in [-0.25, -0.2) is 13.8 Å². The molecule has 0 aliphatic carbocycles. The van der Waals surface area contributed by atoms with Gasteiger partial charge in [-0.3, -0.25) is 0 Å². The highest BCUT2D eigenvalue weighted by Gasteiger charge is 2.14. The summed E-state index contributed by atoms with van der Waals surface area (Å²) in [5.41, 5.74) is 0.675. The minimum absolute atomic E-state index is 0.0762. The van der Waals surface area contributed by atoms with Gasteiger partial charge in [0, 0.05) is 12.0 Å². The van der Waals surface area contributed by atoms with Crippen molar-refractivity contribution in [3.63, 3.8) is 0 Å². The molecule has 1 aromatic carbocycles. The van der Waals surface area contributed by atoms with E-state index < -0.39 is 11.6 Å².